The number of hydrogen-bond acceptors (Lipinski definition) is 5. The van der Waals surface area contributed by atoms with Crippen LogP contribution in [0.2, 0.25) is 5.02 Å². The molecule has 0 saturated carbocycles. The molecule has 1 aliphatic heterocycles. The van der Waals surface area contributed by atoms with Gasteiger partial charge in [-0.25, -0.2) is 4.68 Å². The fraction of sp³-hybridized carbons (Fsp3) is 0.280. The maximum Gasteiger partial charge on any atom is 0.229 e. The van der Waals surface area contributed by atoms with Crippen LogP contribution in [0, 0.1) is 19.8 Å². The molecule has 2 aromatic heterocycles. The third-order valence-electron chi connectivity index (χ3n) is 6.19. The first-order valence-electron chi connectivity index (χ1n) is 11.1. The molecule has 0 spiro atoms. The van der Waals surface area contributed by atoms with Crippen LogP contribution in [0.25, 0.3) is 16.6 Å². The second-order valence-electron chi connectivity index (χ2n) is 8.45. The van der Waals surface area contributed by atoms with E-state index in [0.29, 0.717) is 11.6 Å². The summed E-state index contributed by atoms with van der Waals surface area (Å²) in [7, 11) is 0. The van der Waals surface area contributed by atoms with Gasteiger partial charge in [0.05, 0.1) is 28.4 Å². The van der Waals surface area contributed by atoms with Gasteiger partial charge < -0.3 is 10.2 Å². The van der Waals surface area contributed by atoms with Crippen LogP contribution in [0.15, 0.2) is 54.6 Å². The summed E-state index contributed by atoms with van der Waals surface area (Å²) in [4.78, 5) is 15.1. The Morgan fingerprint density at radius 1 is 1.06 bits per heavy atom. The first-order valence-corrected chi connectivity index (χ1v) is 11.5. The van der Waals surface area contributed by atoms with Crippen LogP contribution in [-0.2, 0) is 4.79 Å². The van der Waals surface area contributed by atoms with Crippen molar-refractivity contribution in [2.45, 2.75) is 26.7 Å². The van der Waals surface area contributed by atoms with Crippen LogP contribution in [0.4, 0.5) is 11.5 Å². The van der Waals surface area contributed by atoms with Crippen LogP contribution in [0.1, 0.15) is 24.2 Å². The smallest absolute Gasteiger partial charge is 0.229 e. The summed E-state index contributed by atoms with van der Waals surface area (Å²) in [5.41, 5.74) is 4.44. The minimum absolute atomic E-state index is 0.00401. The third kappa shape index (κ3) is 4.16. The standard InChI is InChI=1S/C25H25ClN6O/c1-16-22-17(2)32(21-8-4-3-5-9-21)30-23(22)24(29-28-16)31-14-6-7-18(15-31)25(33)27-20-12-10-19(26)11-13-20/h3-5,8-13,18H,6-7,14-15H2,1-2H3,(H,27,33). The number of amides is 1. The van der Waals surface area contributed by atoms with Crippen molar-refractivity contribution in [1.29, 1.82) is 0 Å². The second-order valence-corrected chi connectivity index (χ2v) is 8.88. The van der Waals surface area contributed by atoms with E-state index >= 15 is 0 Å². The number of fused-ring (bicyclic) bond motifs is 1. The van der Waals surface area contributed by atoms with Gasteiger partial charge in [-0.1, -0.05) is 29.8 Å². The number of benzene rings is 2. The number of nitrogens with one attached hydrogen (secondary N) is 1. The average molecular weight is 461 g/mol. The Hall–Kier alpha value is -3.45. The quantitative estimate of drug-likeness (QED) is 0.466. The number of piperidine rings is 1. The van der Waals surface area contributed by atoms with Gasteiger partial charge in [-0.3, -0.25) is 4.79 Å². The molecule has 0 aliphatic carbocycles. The maximum absolute atomic E-state index is 13.0. The average Bonchev–Trinajstić information content (AvgIpc) is 3.19. The van der Waals surface area contributed by atoms with Crippen molar-refractivity contribution >= 4 is 39.9 Å². The summed E-state index contributed by atoms with van der Waals surface area (Å²) in [6, 6.07) is 17.2. The van der Waals surface area contributed by atoms with Crippen molar-refractivity contribution < 1.29 is 4.79 Å². The molecule has 33 heavy (non-hydrogen) atoms. The number of anilines is 2. The first kappa shape index (κ1) is 21.4. The van der Waals surface area contributed by atoms with E-state index in [0.717, 1.165) is 58.9 Å². The van der Waals surface area contributed by atoms with Crippen molar-refractivity contribution in [2.75, 3.05) is 23.3 Å². The molecule has 0 bridgehead atoms. The predicted octanol–water partition coefficient (Wildman–Crippen LogP) is 4.94. The Balaban J connectivity index is 1.44. The van der Waals surface area contributed by atoms with E-state index in [-0.39, 0.29) is 11.8 Å². The van der Waals surface area contributed by atoms with Gasteiger partial charge in [0.1, 0.15) is 5.52 Å². The molecule has 1 saturated heterocycles. The zero-order valence-electron chi connectivity index (χ0n) is 18.6. The molecule has 8 heteroatoms. The summed E-state index contributed by atoms with van der Waals surface area (Å²) in [5.74, 6) is 0.589. The zero-order valence-corrected chi connectivity index (χ0v) is 19.4. The number of aromatic nitrogens is 4. The minimum Gasteiger partial charge on any atom is -0.352 e. The lowest BCUT2D eigenvalue weighted by Crippen LogP contribution is -2.41. The summed E-state index contributed by atoms with van der Waals surface area (Å²) < 4.78 is 1.94. The number of aryl methyl sites for hydroxylation is 2. The van der Waals surface area contributed by atoms with Gasteiger partial charge in [0.2, 0.25) is 5.91 Å². The van der Waals surface area contributed by atoms with Crippen molar-refractivity contribution in [3.8, 4) is 5.69 Å². The molecule has 7 nitrogen and oxygen atoms in total. The van der Waals surface area contributed by atoms with Crippen LogP contribution in [0.3, 0.4) is 0 Å². The fourth-order valence-electron chi connectivity index (χ4n) is 4.51. The number of para-hydroxylation sites is 1. The number of halogens is 1. The molecule has 3 heterocycles. The molecule has 1 N–H and O–H groups in total. The summed E-state index contributed by atoms with van der Waals surface area (Å²) in [6.45, 7) is 5.40. The van der Waals surface area contributed by atoms with E-state index in [1.54, 1.807) is 12.1 Å². The molecule has 0 radical (unpaired) electrons. The minimum atomic E-state index is -0.148. The lowest BCUT2D eigenvalue weighted by atomic mass is 9.97. The fourth-order valence-corrected chi connectivity index (χ4v) is 4.63. The van der Waals surface area contributed by atoms with Gasteiger partial charge in [-0.05, 0) is 63.1 Å². The zero-order chi connectivity index (χ0) is 22.9. The SMILES string of the molecule is Cc1nnc(N2CCCC(C(=O)Nc3ccc(Cl)cc3)C2)c2nn(-c3ccccc3)c(C)c12. The highest BCUT2D eigenvalue weighted by molar-refractivity contribution is 6.30. The number of rotatable bonds is 4. The first-order chi connectivity index (χ1) is 16.0. The van der Waals surface area contributed by atoms with Gasteiger partial charge in [-0.2, -0.15) is 10.2 Å². The van der Waals surface area contributed by atoms with Gasteiger partial charge >= 0.3 is 0 Å². The van der Waals surface area contributed by atoms with Crippen molar-refractivity contribution in [3.63, 3.8) is 0 Å². The molecule has 5 rings (SSSR count). The number of hydrogen-bond donors (Lipinski definition) is 1. The largest absolute Gasteiger partial charge is 0.352 e. The van der Waals surface area contributed by atoms with E-state index in [9.17, 15) is 4.79 Å². The second kappa shape index (κ2) is 8.83. The Morgan fingerprint density at radius 2 is 1.82 bits per heavy atom. The molecule has 1 unspecified atom stereocenters. The normalized spacial score (nSPS) is 16.2. The third-order valence-corrected chi connectivity index (χ3v) is 6.44. The van der Waals surface area contributed by atoms with E-state index in [1.165, 1.54) is 0 Å². The molecule has 1 amide bonds. The van der Waals surface area contributed by atoms with E-state index in [4.69, 9.17) is 16.7 Å². The Kier molecular flexibility index (Phi) is 5.72. The van der Waals surface area contributed by atoms with Crippen LogP contribution < -0.4 is 10.2 Å². The van der Waals surface area contributed by atoms with Crippen molar-refractivity contribution in [2.24, 2.45) is 5.92 Å². The Morgan fingerprint density at radius 3 is 2.58 bits per heavy atom. The maximum atomic E-state index is 13.0. The molecule has 1 atom stereocenters. The summed E-state index contributed by atoms with van der Waals surface area (Å²) >= 11 is 5.95. The molecular weight excluding hydrogens is 436 g/mol. The van der Waals surface area contributed by atoms with Crippen molar-refractivity contribution in [3.05, 3.63) is 71.0 Å². The van der Waals surface area contributed by atoms with Gasteiger partial charge in [0, 0.05) is 23.8 Å². The van der Waals surface area contributed by atoms with Gasteiger partial charge in [0.15, 0.2) is 5.82 Å². The highest BCUT2D eigenvalue weighted by Crippen LogP contribution is 2.31. The lowest BCUT2D eigenvalue weighted by molar-refractivity contribution is -0.120. The lowest BCUT2D eigenvalue weighted by Gasteiger charge is -2.32. The van der Waals surface area contributed by atoms with Crippen LogP contribution in [0.5, 0.6) is 0 Å². The molecular formula is C25H25ClN6O. The highest BCUT2D eigenvalue weighted by atomic mass is 35.5. The van der Waals surface area contributed by atoms with Gasteiger partial charge in [-0.15, -0.1) is 5.10 Å². The number of nitrogens with zero attached hydrogens (tertiary/aromatic N) is 5. The molecule has 4 aromatic rings. The van der Waals surface area contributed by atoms with Crippen LogP contribution >= 0.6 is 11.6 Å². The van der Waals surface area contributed by atoms with Crippen LogP contribution in [-0.4, -0.2) is 39.0 Å². The van der Waals surface area contributed by atoms with Crippen molar-refractivity contribution in [1.82, 2.24) is 20.0 Å². The van der Waals surface area contributed by atoms with E-state index in [2.05, 4.69) is 27.3 Å². The number of carbonyl (C=O) groups excluding carboxylic acids is 1. The van der Waals surface area contributed by atoms with Gasteiger partial charge in [0.25, 0.3) is 0 Å². The molecule has 168 valence electrons. The van der Waals surface area contributed by atoms with E-state index in [1.807, 2.05) is 54.1 Å². The topological polar surface area (TPSA) is 75.9 Å². The van der Waals surface area contributed by atoms with E-state index < -0.39 is 0 Å². The molecule has 1 fully saturated rings. The number of carbonyl (C=O) groups is 1. The monoisotopic (exact) mass is 460 g/mol. The highest BCUT2D eigenvalue weighted by Gasteiger charge is 2.29. The predicted molar refractivity (Wildman–Crippen MR) is 131 cm³/mol. The Bertz CT molecular complexity index is 1300. The summed E-state index contributed by atoms with van der Waals surface area (Å²) in [5, 5.41) is 18.5. The molecule has 1 aliphatic rings. The summed E-state index contributed by atoms with van der Waals surface area (Å²) in [6.07, 6.45) is 1.73. The molecule has 2 aromatic carbocycles. The Labute approximate surface area is 197 Å².